The third-order valence-corrected chi connectivity index (χ3v) is 5.26. The Bertz CT molecular complexity index is 506. The Kier molecular flexibility index (Phi) is 4.60. The molecule has 3 nitrogen and oxygen atoms in total. The lowest BCUT2D eigenvalue weighted by molar-refractivity contribution is 0.171. The van der Waals surface area contributed by atoms with Crippen molar-refractivity contribution >= 4 is 11.6 Å². The fourth-order valence-electron chi connectivity index (χ4n) is 3.63. The Morgan fingerprint density at radius 2 is 2.05 bits per heavy atom. The van der Waals surface area contributed by atoms with Crippen LogP contribution in [0.1, 0.15) is 38.7 Å². The van der Waals surface area contributed by atoms with Crippen LogP contribution in [0, 0.1) is 11.8 Å². The molecule has 4 heteroatoms. The van der Waals surface area contributed by atoms with Gasteiger partial charge in [0.05, 0.1) is 5.02 Å². The second-order valence-corrected chi connectivity index (χ2v) is 6.60. The molecular weight excluding hydrogens is 286 g/mol. The van der Waals surface area contributed by atoms with Gasteiger partial charge in [-0.2, -0.15) is 0 Å². The number of hydrogen-bond acceptors (Lipinski definition) is 3. The molecular formula is C17H24ClNO2. The highest BCUT2D eigenvalue weighted by molar-refractivity contribution is 6.32. The molecule has 116 valence electrons. The molecule has 3 atom stereocenters. The molecule has 1 N–H and O–H groups in total. The average Bonchev–Trinajstić information content (AvgIpc) is 2.85. The van der Waals surface area contributed by atoms with Crippen LogP contribution >= 0.6 is 11.6 Å². The molecule has 0 bridgehead atoms. The van der Waals surface area contributed by atoms with Crippen molar-refractivity contribution in [3.63, 3.8) is 0 Å². The van der Waals surface area contributed by atoms with E-state index in [1.807, 2.05) is 12.1 Å². The number of ether oxygens (including phenoxy) is 2. The molecule has 0 spiro atoms. The van der Waals surface area contributed by atoms with Crippen molar-refractivity contribution in [2.45, 2.75) is 45.7 Å². The first-order valence-corrected chi connectivity index (χ1v) is 8.38. The van der Waals surface area contributed by atoms with E-state index < -0.39 is 0 Å². The molecule has 21 heavy (non-hydrogen) atoms. The molecule has 1 heterocycles. The maximum Gasteiger partial charge on any atom is 0.179 e. The van der Waals surface area contributed by atoms with Crippen molar-refractivity contribution in [1.82, 2.24) is 5.32 Å². The molecule has 1 aliphatic heterocycles. The van der Waals surface area contributed by atoms with E-state index in [0.717, 1.165) is 29.7 Å². The van der Waals surface area contributed by atoms with Crippen LogP contribution in [-0.2, 0) is 6.54 Å². The van der Waals surface area contributed by atoms with E-state index in [1.165, 1.54) is 19.3 Å². The highest BCUT2D eigenvalue weighted by Crippen LogP contribution is 2.39. The molecule has 3 rings (SSSR count). The highest BCUT2D eigenvalue weighted by Gasteiger charge is 2.31. The number of hydrogen-bond donors (Lipinski definition) is 1. The van der Waals surface area contributed by atoms with Crippen molar-refractivity contribution in [3.05, 3.63) is 22.7 Å². The van der Waals surface area contributed by atoms with Crippen LogP contribution in [0.4, 0.5) is 0 Å². The summed E-state index contributed by atoms with van der Waals surface area (Å²) in [6.45, 7) is 6.67. The normalized spacial score (nSPS) is 27.9. The summed E-state index contributed by atoms with van der Waals surface area (Å²) in [5.74, 6) is 3.08. The van der Waals surface area contributed by atoms with Crippen LogP contribution in [0.15, 0.2) is 12.1 Å². The monoisotopic (exact) mass is 309 g/mol. The Hall–Kier alpha value is -0.930. The molecule has 3 unspecified atom stereocenters. The van der Waals surface area contributed by atoms with E-state index in [0.29, 0.717) is 30.0 Å². The molecule has 1 aromatic carbocycles. The van der Waals surface area contributed by atoms with Crippen LogP contribution < -0.4 is 14.8 Å². The summed E-state index contributed by atoms with van der Waals surface area (Å²) in [5, 5.41) is 4.34. The minimum absolute atomic E-state index is 0.572. The van der Waals surface area contributed by atoms with Gasteiger partial charge < -0.3 is 14.8 Å². The van der Waals surface area contributed by atoms with Gasteiger partial charge in [-0.05, 0) is 42.4 Å². The van der Waals surface area contributed by atoms with Crippen molar-refractivity contribution in [2.24, 2.45) is 11.8 Å². The van der Waals surface area contributed by atoms with Gasteiger partial charge in [0.25, 0.3) is 0 Å². The average molecular weight is 310 g/mol. The summed E-state index contributed by atoms with van der Waals surface area (Å²) in [6, 6.07) is 4.64. The minimum Gasteiger partial charge on any atom is -0.486 e. The third-order valence-electron chi connectivity index (χ3n) is 4.98. The summed E-state index contributed by atoms with van der Waals surface area (Å²) in [5.41, 5.74) is 1.16. The zero-order valence-corrected chi connectivity index (χ0v) is 13.6. The van der Waals surface area contributed by atoms with E-state index in [1.54, 1.807) is 0 Å². The van der Waals surface area contributed by atoms with Crippen LogP contribution in [-0.4, -0.2) is 19.3 Å². The fraction of sp³-hybridized carbons (Fsp3) is 0.647. The maximum absolute atomic E-state index is 6.28. The van der Waals surface area contributed by atoms with Crippen LogP contribution in [0.3, 0.4) is 0 Å². The zero-order valence-electron chi connectivity index (χ0n) is 12.8. The molecule has 0 aromatic heterocycles. The van der Waals surface area contributed by atoms with E-state index in [4.69, 9.17) is 21.1 Å². The topological polar surface area (TPSA) is 30.5 Å². The Morgan fingerprint density at radius 1 is 1.24 bits per heavy atom. The van der Waals surface area contributed by atoms with Gasteiger partial charge >= 0.3 is 0 Å². The zero-order chi connectivity index (χ0) is 14.8. The number of fused-ring (bicyclic) bond motifs is 1. The molecule has 2 aliphatic rings. The maximum atomic E-state index is 6.28. The van der Waals surface area contributed by atoms with E-state index in [9.17, 15) is 0 Å². The number of halogens is 1. The summed E-state index contributed by atoms with van der Waals surface area (Å²) >= 11 is 6.28. The number of rotatable bonds is 4. The SMILES string of the molecule is CCC1CCC(NCc2cc(Cl)c3c(c2)OCCO3)C1C. The molecule has 0 saturated heterocycles. The standard InChI is InChI=1S/C17H24ClNO2/c1-3-13-4-5-15(11(13)2)19-10-12-8-14(18)17-16(9-12)20-6-7-21-17/h8-9,11,13,15,19H,3-7,10H2,1-2H3. The van der Waals surface area contributed by atoms with Gasteiger partial charge in [0.1, 0.15) is 13.2 Å². The summed E-state index contributed by atoms with van der Waals surface area (Å²) in [6.07, 6.45) is 3.91. The van der Waals surface area contributed by atoms with Gasteiger partial charge in [0.15, 0.2) is 11.5 Å². The lowest BCUT2D eigenvalue weighted by Gasteiger charge is -2.23. The fourth-order valence-corrected chi connectivity index (χ4v) is 3.91. The predicted molar refractivity (Wildman–Crippen MR) is 85.2 cm³/mol. The van der Waals surface area contributed by atoms with Gasteiger partial charge in [0, 0.05) is 12.6 Å². The molecule has 1 fully saturated rings. The molecule has 0 radical (unpaired) electrons. The summed E-state index contributed by atoms with van der Waals surface area (Å²) < 4.78 is 11.2. The van der Waals surface area contributed by atoms with Crippen molar-refractivity contribution in [3.8, 4) is 11.5 Å². The van der Waals surface area contributed by atoms with Crippen LogP contribution in [0.5, 0.6) is 11.5 Å². The lowest BCUT2D eigenvalue weighted by Crippen LogP contribution is -2.32. The highest BCUT2D eigenvalue weighted by atomic mass is 35.5. The Labute approximate surface area is 132 Å². The third kappa shape index (κ3) is 3.14. The molecule has 0 amide bonds. The first-order chi connectivity index (χ1) is 10.2. The number of nitrogens with one attached hydrogen (secondary N) is 1. The van der Waals surface area contributed by atoms with Crippen LogP contribution in [0.2, 0.25) is 5.02 Å². The molecule has 1 aliphatic carbocycles. The van der Waals surface area contributed by atoms with Crippen molar-refractivity contribution in [2.75, 3.05) is 13.2 Å². The van der Waals surface area contributed by atoms with Crippen molar-refractivity contribution in [1.29, 1.82) is 0 Å². The second-order valence-electron chi connectivity index (χ2n) is 6.19. The first kappa shape index (κ1) is 15.0. The van der Waals surface area contributed by atoms with E-state index in [2.05, 4.69) is 19.2 Å². The predicted octanol–water partition coefficient (Wildman–Crippen LogP) is 4.03. The van der Waals surface area contributed by atoms with Gasteiger partial charge in [-0.3, -0.25) is 0 Å². The number of benzene rings is 1. The Balaban J connectivity index is 1.65. The first-order valence-electron chi connectivity index (χ1n) is 8.00. The lowest BCUT2D eigenvalue weighted by atomic mass is 9.93. The summed E-state index contributed by atoms with van der Waals surface area (Å²) in [4.78, 5) is 0. The van der Waals surface area contributed by atoms with E-state index >= 15 is 0 Å². The largest absolute Gasteiger partial charge is 0.486 e. The van der Waals surface area contributed by atoms with Crippen LogP contribution in [0.25, 0.3) is 0 Å². The molecule has 1 saturated carbocycles. The molecule has 1 aromatic rings. The summed E-state index contributed by atoms with van der Waals surface area (Å²) in [7, 11) is 0. The quantitative estimate of drug-likeness (QED) is 0.911. The second kappa shape index (κ2) is 6.45. The Morgan fingerprint density at radius 3 is 2.81 bits per heavy atom. The van der Waals surface area contributed by atoms with Crippen molar-refractivity contribution < 1.29 is 9.47 Å². The minimum atomic E-state index is 0.572. The van der Waals surface area contributed by atoms with E-state index in [-0.39, 0.29) is 0 Å². The van der Waals surface area contributed by atoms with Gasteiger partial charge in [-0.25, -0.2) is 0 Å². The van der Waals surface area contributed by atoms with Gasteiger partial charge in [0.2, 0.25) is 0 Å². The smallest absolute Gasteiger partial charge is 0.179 e. The van der Waals surface area contributed by atoms with Gasteiger partial charge in [-0.1, -0.05) is 31.9 Å². The van der Waals surface area contributed by atoms with Gasteiger partial charge in [-0.15, -0.1) is 0 Å².